The molecule has 0 aromatic heterocycles. The molecule has 3 aliphatic rings. The van der Waals surface area contributed by atoms with Crippen molar-refractivity contribution in [2.24, 2.45) is 0 Å². The van der Waals surface area contributed by atoms with Crippen LogP contribution in [0.3, 0.4) is 0 Å². The van der Waals surface area contributed by atoms with E-state index in [0.29, 0.717) is 64.4 Å². The quantitative estimate of drug-likeness (QED) is 0.268. The highest BCUT2D eigenvalue weighted by Crippen LogP contribution is 2.21. The van der Waals surface area contributed by atoms with Crippen molar-refractivity contribution in [1.82, 2.24) is 29.8 Å². The predicted octanol–water partition coefficient (Wildman–Crippen LogP) is 3.42. The number of urea groups is 1. The number of para-hydroxylation sites is 1. The van der Waals surface area contributed by atoms with Crippen LogP contribution in [-0.4, -0.2) is 127 Å². The van der Waals surface area contributed by atoms with E-state index in [9.17, 15) is 14.4 Å². The number of carbonyl (C=O) groups excluding carboxylic acids is 3. The van der Waals surface area contributed by atoms with E-state index in [1.54, 1.807) is 0 Å². The molecule has 2 aromatic carbocycles. The van der Waals surface area contributed by atoms with E-state index in [4.69, 9.17) is 5.73 Å². The molecule has 0 unspecified atom stereocenters. The highest BCUT2D eigenvalue weighted by molar-refractivity contribution is 5.87. The molecule has 1 atom stereocenters. The maximum atomic E-state index is 14.1. The number of benzene rings is 2. The summed E-state index contributed by atoms with van der Waals surface area (Å²) in [6.45, 7) is 11.4. The Bertz CT molecular complexity index is 1360. The van der Waals surface area contributed by atoms with Crippen LogP contribution in [0.25, 0.3) is 0 Å². The first-order valence-corrected chi connectivity index (χ1v) is 18.2. The topological polar surface area (TPSA) is 105 Å². The van der Waals surface area contributed by atoms with E-state index in [1.807, 2.05) is 39.0 Å². The summed E-state index contributed by atoms with van der Waals surface area (Å²) in [5.74, 6) is 0.00574. The number of anilines is 1. The SMILES string of the molecule is CCc1ccc(C[C@@H](NC(=O)N2CCC(N(C=O)CCc3ccccc3N)CC2)C(=O)N2CCN(C3CCN(C)CC3)CC2)cc1CC. The number of hydrogen-bond donors (Lipinski definition) is 2. The number of nitrogens with zero attached hydrogens (tertiary/aromatic N) is 5. The maximum absolute atomic E-state index is 14.1. The van der Waals surface area contributed by atoms with Crippen molar-refractivity contribution in [3.05, 3.63) is 64.7 Å². The summed E-state index contributed by atoms with van der Waals surface area (Å²) < 4.78 is 0. The van der Waals surface area contributed by atoms with Crippen LogP contribution >= 0.6 is 0 Å². The van der Waals surface area contributed by atoms with Gasteiger partial charge in [0, 0.05) is 70.0 Å². The third-order valence-electron chi connectivity index (χ3n) is 10.9. The predicted molar refractivity (Wildman–Crippen MR) is 192 cm³/mol. The number of nitrogens with one attached hydrogen (secondary N) is 1. The molecule has 3 saturated heterocycles. The smallest absolute Gasteiger partial charge is 0.318 e. The van der Waals surface area contributed by atoms with Crippen LogP contribution in [0.1, 0.15) is 61.8 Å². The van der Waals surface area contributed by atoms with E-state index in [2.05, 4.69) is 54.2 Å². The van der Waals surface area contributed by atoms with Crippen molar-refractivity contribution >= 4 is 24.0 Å². The van der Waals surface area contributed by atoms with Crippen molar-refractivity contribution < 1.29 is 14.4 Å². The minimum Gasteiger partial charge on any atom is -0.399 e. The molecular formula is C38H57N7O3. The molecule has 3 N–H and O–H groups in total. The van der Waals surface area contributed by atoms with Crippen molar-refractivity contribution in [3.8, 4) is 0 Å². The number of hydrogen-bond acceptors (Lipinski definition) is 6. The Morgan fingerprint density at radius 3 is 2.21 bits per heavy atom. The molecule has 10 nitrogen and oxygen atoms in total. The fraction of sp³-hybridized carbons (Fsp3) is 0.605. The largest absolute Gasteiger partial charge is 0.399 e. The second kappa shape index (κ2) is 17.2. The van der Waals surface area contributed by atoms with Gasteiger partial charge in [-0.25, -0.2) is 4.79 Å². The zero-order chi connectivity index (χ0) is 34.0. The number of carbonyl (C=O) groups is 3. The Morgan fingerprint density at radius 1 is 0.875 bits per heavy atom. The fourth-order valence-electron chi connectivity index (χ4n) is 7.78. The van der Waals surface area contributed by atoms with Gasteiger partial charge in [-0.15, -0.1) is 0 Å². The third kappa shape index (κ3) is 9.08. The van der Waals surface area contributed by atoms with Gasteiger partial charge in [0.15, 0.2) is 0 Å². The maximum Gasteiger partial charge on any atom is 0.318 e. The van der Waals surface area contributed by atoms with E-state index < -0.39 is 6.04 Å². The first-order chi connectivity index (χ1) is 23.3. The second-order valence-electron chi connectivity index (χ2n) is 13.9. The summed E-state index contributed by atoms with van der Waals surface area (Å²) in [6, 6.07) is 14.1. The molecule has 0 radical (unpaired) electrons. The molecular weight excluding hydrogens is 602 g/mol. The molecule has 0 aliphatic carbocycles. The van der Waals surface area contributed by atoms with E-state index in [-0.39, 0.29) is 18.0 Å². The lowest BCUT2D eigenvalue weighted by Gasteiger charge is -2.43. The number of rotatable bonds is 12. The summed E-state index contributed by atoms with van der Waals surface area (Å²) in [4.78, 5) is 50.5. The highest BCUT2D eigenvalue weighted by atomic mass is 16.2. The van der Waals surface area contributed by atoms with Crippen LogP contribution in [0.5, 0.6) is 0 Å². The summed E-state index contributed by atoms with van der Waals surface area (Å²) in [6.07, 6.45) is 7.76. The zero-order valence-electron chi connectivity index (χ0n) is 29.4. The molecule has 262 valence electrons. The van der Waals surface area contributed by atoms with E-state index in [1.165, 1.54) is 24.0 Å². The normalized spacial score (nSPS) is 19.2. The molecule has 0 spiro atoms. The average Bonchev–Trinajstić information content (AvgIpc) is 3.12. The van der Waals surface area contributed by atoms with E-state index in [0.717, 1.165) is 62.2 Å². The number of piperazine rings is 1. The van der Waals surface area contributed by atoms with Crippen molar-refractivity contribution in [1.29, 1.82) is 0 Å². The molecule has 5 rings (SSSR count). The van der Waals surface area contributed by atoms with Gasteiger partial charge in [0.1, 0.15) is 6.04 Å². The van der Waals surface area contributed by atoms with Crippen LogP contribution in [-0.2, 0) is 35.3 Å². The summed E-state index contributed by atoms with van der Waals surface area (Å²) in [5.41, 5.74) is 11.6. The van der Waals surface area contributed by atoms with Crippen molar-refractivity contribution in [2.45, 2.75) is 83.3 Å². The lowest BCUT2D eigenvalue weighted by Crippen LogP contribution is -2.59. The second-order valence-corrected chi connectivity index (χ2v) is 13.9. The molecule has 4 amide bonds. The highest BCUT2D eigenvalue weighted by Gasteiger charge is 2.34. The van der Waals surface area contributed by atoms with Crippen LogP contribution < -0.4 is 11.1 Å². The minimum absolute atomic E-state index is 0.00574. The summed E-state index contributed by atoms with van der Waals surface area (Å²) in [5, 5.41) is 3.17. The van der Waals surface area contributed by atoms with Crippen molar-refractivity contribution in [3.63, 3.8) is 0 Å². The third-order valence-corrected chi connectivity index (χ3v) is 10.9. The van der Waals surface area contributed by atoms with Gasteiger partial charge < -0.3 is 30.7 Å². The zero-order valence-corrected chi connectivity index (χ0v) is 29.4. The van der Waals surface area contributed by atoms with Gasteiger partial charge >= 0.3 is 6.03 Å². The van der Waals surface area contributed by atoms with Gasteiger partial charge in [-0.3, -0.25) is 14.5 Å². The van der Waals surface area contributed by atoms with E-state index >= 15 is 0 Å². The Hall–Kier alpha value is -3.63. The fourth-order valence-corrected chi connectivity index (χ4v) is 7.78. The van der Waals surface area contributed by atoms with Crippen LogP contribution in [0.15, 0.2) is 42.5 Å². The van der Waals surface area contributed by atoms with Gasteiger partial charge in [-0.1, -0.05) is 50.2 Å². The van der Waals surface area contributed by atoms with Crippen LogP contribution in [0.2, 0.25) is 0 Å². The molecule has 0 bridgehead atoms. The summed E-state index contributed by atoms with van der Waals surface area (Å²) in [7, 11) is 2.19. The van der Waals surface area contributed by atoms with Gasteiger partial charge in [0.05, 0.1) is 0 Å². The Balaban J connectivity index is 1.20. The average molecular weight is 660 g/mol. The number of piperidine rings is 2. The van der Waals surface area contributed by atoms with Gasteiger partial charge in [-0.2, -0.15) is 0 Å². The van der Waals surface area contributed by atoms with Gasteiger partial charge in [0.2, 0.25) is 12.3 Å². The first kappa shape index (κ1) is 35.7. The first-order valence-electron chi connectivity index (χ1n) is 18.2. The minimum atomic E-state index is -0.634. The van der Waals surface area contributed by atoms with Crippen molar-refractivity contribution in [2.75, 3.05) is 71.7 Å². The Morgan fingerprint density at radius 2 is 1.56 bits per heavy atom. The lowest BCUT2D eigenvalue weighted by molar-refractivity contribution is -0.135. The number of amides is 4. The summed E-state index contributed by atoms with van der Waals surface area (Å²) >= 11 is 0. The van der Waals surface area contributed by atoms with Crippen LogP contribution in [0.4, 0.5) is 10.5 Å². The molecule has 48 heavy (non-hydrogen) atoms. The Kier molecular flexibility index (Phi) is 12.7. The number of nitrogens with two attached hydrogens (primary N) is 1. The molecule has 0 saturated carbocycles. The molecule has 3 fully saturated rings. The standard InChI is InChI=1S/C38H57N7O3/c1-4-30-11-10-29(26-31(30)5-2)27-36(37(47)43-24-22-42(23-25-43)33-13-17-41(3)18-14-33)40-38(48)44-20-15-34(16-21-44)45(28-46)19-12-32-8-6-7-9-35(32)39/h6-11,26,28,33-34,36H,4-5,12-25,27,39H2,1-3H3,(H,40,48)/t36-/m1/s1. The number of nitrogen functional groups attached to an aromatic ring is 1. The Labute approximate surface area is 287 Å². The molecule has 10 heteroatoms. The monoisotopic (exact) mass is 659 g/mol. The van der Waals surface area contributed by atoms with Gasteiger partial charge in [0.25, 0.3) is 0 Å². The molecule has 3 aliphatic heterocycles. The number of likely N-dealkylation sites (tertiary alicyclic amines) is 2. The number of aryl methyl sites for hydroxylation is 2. The lowest BCUT2D eigenvalue weighted by atomic mass is 9.96. The van der Waals surface area contributed by atoms with Crippen LogP contribution in [0, 0.1) is 0 Å². The molecule has 2 aromatic rings. The van der Waals surface area contributed by atoms with Gasteiger partial charge in [-0.05, 0) is 93.4 Å². The molecule has 3 heterocycles.